The van der Waals surface area contributed by atoms with E-state index in [-0.39, 0.29) is 0 Å². The van der Waals surface area contributed by atoms with E-state index in [1.165, 1.54) is 0 Å². The highest BCUT2D eigenvalue weighted by molar-refractivity contribution is 7.85. The Balaban J connectivity index is 3.53. The van der Waals surface area contributed by atoms with Crippen LogP contribution in [0.5, 0.6) is 0 Å². The van der Waals surface area contributed by atoms with E-state index in [0.717, 1.165) is 18.2 Å². The maximum absolute atomic E-state index is 12.6. The lowest BCUT2D eigenvalue weighted by molar-refractivity contribution is 0.456. The molecule has 0 atom stereocenters. The van der Waals surface area contributed by atoms with Crippen LogP contribution in [0.4, 0.5) is 8.78 Å². The Bertz CT molecular complexity index is 379. The van der Waals surface area contributed by atoms with Gasteiger partial charge in [-0.25, -0.2) is 8.78 Å². The molecule has 0 fully saturated rings. The van der Waals surface area contributed by atoms with Gasteiger partial charge in [-0.05, 0) is 12.1 Å². The van der Waals surface area contributed by atoms with Crippen molar-refractivity contribution in [3.63, 3.8) is 0 Å². The molecule has 0 saturated carbocycles. The van der Waals surface area contributed by atoms with Crippen LogP contribution in [-0.2, 0) is 10.1 Å². The van der Waals surface area contributed by atoms with Gasteiger partial charge in [-0.15, -0.1) is 0 Å². The SMILES string of the molecule is O=S(=O)(O)c1c(F)cccc1F. The van der Waals surface area contributed by atoms with E-state index < -0.39 is 26.6 Å². The maximum Gasteiger partial charge on any atom is 0.300 e. The Morgan fingerprint density at radius 3 is 1.83 bits per heavy atom. The van der Waals surface area contributed by atoms with Crippen LogP contribution >= 0.6 is 0 Å². The maximum atomic E-state index is 12.6. The number of benzene rings is 1. The minimum Gasteiger partial charge on any atom is -0.282 e. The van der Waals surface area contributed by atoms with Gasteiger partial charge in [0.15, 0.2) is 4.90 Å². The lowest BCUT2D eigenvalue weighted by Gasteiger charge is -1.98. The van der Waals surface area contributed by atoms with Crippen LogP contribution in [0.1, 0.15) is 0 Å². The zero-order valence-electron chi connectivity index (χ0n) is 5.66. The summed E-state index contributed by atoms with van der Waals surface area (Å²) in [7, 11) is -4.81. The molecule has 0 bridgehead atoms. The highest BCUT2D eigenvalue weighted by atomic mass is 32.2. The van der Waals surface area contributed by atoms with Gasteiger partial charge in [0.05, 0.1) is 0 Å². The number of rotatable bonds is 1. The molecule has 1 aromatic rings. The summed E-state index contributed by atoms with van der Waals surface area (Å²) in [5, 5.41) is 0. The third-order valence-corrected chi connectivity index (χ3v) is 2.08. The molecule has 1 aromatic carbocycles. The van der Waals surface area contributed by atoms with Crippen molar-refractivity contribution in [2.45, 2.75) is 4.90 Å². The molecular formula is C6H4F2O3S. The Hall–Kier alpha value is -1.01. The number of hydrogen-bond acceptors (Lipinski definition) is 2. The van der Waals surface area contributed by atoms with Crippen LogP contribution in [0.3, 0.4) is 0 Å². The van der Waals surface area contributed by atoms with Crippen molar-refractivity contribution < 1.29 is 21.8 Å². The summed E-state index contributed by atoms with van der Waals surface area (Å²) >= 11 is 0. The molecule has 0 aromatic heterocycles. The average Bonchev–Trinajstić information content (AvgIpc) is 1.82. The van der Waals surface area contributed by atoms with E-state index in [0.29, 0.717) is 0 Å². The Kier molecular flexibility index (Phi) is 2.12. The van der Waals surface area contributed by atoms with E-state index in [2.05, 4.69) is 0 Å². The van der Waals surface area contributed by atoms with Crippen molar-refractivity contribution >= 4 is 10.1 Å². The summed E-state index contributed by atoms with van der Waals surface area (Å²) in [6.45, 7) is 0. The molecule has 0 aliphatic heterocycles. The molecule has 0 heterocycles. The summed E-state index contributed by atoms with van der Waals surface area (Å²) < 4.78 is 54.2. The van der Waals surface area contributed by atoms with Crippen molar-refractivity contribution in [2.24, 2.45) is 0 Å². The molecule has 1 rings (SSSR count). The summed E-state index contributed by atoms with van der Waals surface area (Å²) in [5.41, 5.74) is 0. The molecule has 1 N–H and O–H groups in total. The van der Waals surface area contributed by atoms with Gasteiger partial charge in [-0.2, -0.15) is 8.42 Å². The highest BCUT2D eigenvalue weighted by Crippen LogP contribution is 2.17. The number of hydrogen-bond donors (Lipinski definition) is 1. The molecule has 0 saturated heterocycles. The van der Waals surface area contributed by atoms with Gasteiger partial charge in [0.1, 0.15) is 11.6 Å². The van der Waals surface area contributed by atoms with Gasteiger partial charge < -0.3 is 0 Å². The van der Waals surface area contributed by atoms with E-state index >= 15 is 0 Å². The van der Waals surface area contributed by atoms with Crippen molar-refractivity contribution in [3.8, 4) is 0 Å². The van der Waals surface area contributed by atoms with Crippen molar-refractivity contribution in [2.75, 3.05) is 0 Å². The fraction of sp³-hybridized carbons (Fsp3) is 0. The van der Waals surface area contributed by atoms with Crippen LogP contribution in [-0.4, -0.2) is 13.0 Å². The van der Waals surface area contributed by atoms with Crippen LogP contribution in [0.2, 0.25) is 0 Å². The molecule has 66 valence electrons. The first-order valence-corrected chi connectivity index (χ1v) is 4.28. The van der Waals surface area contributed by atoms with Crippen LogP contribution in [0.15, 0.2) is 23.1 Å². The third kappa shape index (κ3) is 1.59. The standard InChI is InChI=1S/C6H4F2O3S/c7-4-2-1-3-5(8)6(4)12(9,10)11/h1-3H,(H,9,10,11). The minimum atomic E-state index is -4.81. The molecule has 3 nitrogen and oxygen atoms in total. The molecule has 0 spiro atoms. The van der Waals surface area contributed by atoms with E-state index in [1.807, 2.05) is 0 Å². The largest absolute Gasteiger partial charge is 0.300 e. The predicted molar refractivity (Wildman–Crippen MR) is 36.2 cm³/mol. The molecule has 0 aliphatic rings. The lowest BCUT2D eigenvalue weighted by atomic mass is 10.3. The van der Waals surface area contributed by atoms with Gasteiger partial charge in [-0.1, -0.05) is 6.07 Å². The van der Waals surface area contributed by atoms with Crippen molar-refractivity contribution in [3.05, 3.63) is 29.8 Å². The molecule has 6 heteroatoms. The van der Waals surface area contributed by atoms with E-state index in [1.54, 1.807) is 0 Å². The fourth-order valence-corrected chi connectivity index (χ4v) is 1.36. The van der Waals surface area contributed by atoms with Crippen LogP contribution in [0.25, 0.3) is 0 Å². The van der Waals surface area contributed by atoms with Crippen LogP contribution in [0, 0.1) is 11.6 Å². The summed E-state index contributed by atoms with van der Waals surface area (Å²) in [5.74, 6) is -2.62. The van der Waals surface area contributed by atoms with E-state index in [9.17, 15) is 17.2 Å². The van der Waals surface area contributed by atoms with Gasteiger partial charge in [0.2, 0.25) is 0 Å². The molecule has 12 heavy (non-hydrogen) atoms. The van der Waals surface area contributed by atoms with Crippen LogP contribution < -0.4 is 0 Å². The average molecular weight is 194 g/mol. The molecule has 0 amide bonds. The van der Waals surface area contributed by atoms with Crippen molar-refractivity contribution in [1.29, 1.82) is 0 Å². The first-order valence-electron chi connectivity index (χ1n) is 2.84. The zero-order valence-corrected chi connectivity index (χ0v) is 6.48. The smallest absolute Gasteiger partial charge is 0.282 e. The second-order valence-electron chi connectivity index (χ2n) is 2.03. The normalized spacial score (nSPS) is 11.6. The Labute approximate surface area is 67.4 Å². The van der Waals surface area contributed by atoms with Gasteiger partial charge >= 0.3 is 0 Å². The number of halogens is 2. The highest BCUT2D eigenvalue weighted by Gasteiger charge is 2.20. The monoisotopic (exact) mass is 194 g/mol. The van der Waals surface area contributed by atoms with Gasteiger partial charge in [0, 0.05) is 0 Å². The second kappa shape index (κ2) is 2.80. The Morgan fingerprint density at radius 1 is 1.17 bits per heavy atom. The molecule has 0 unspecified atom stereocenters. The predicted octanol–water partition coefficient (Wildman–Crippen LogP) is 1.21. The first kappa shape index (κ1) is 9.08. The molecule has 0 aliphatic carbocycles. The fourth-order valence-electron chi connectivity index (χ4n) is 0.729. The second-order valence-corrected chi connectivity index (χ2v) is 3.38. The quantitative estimate of drug-likeness (QED) is 0.683. The first-order chi connectivity index (χ1) is 5.43. The van der Waals surface area contributed by atoms with Gasteiger partial charge in [0.25, 0.3) is 10.1 Å². The molecule has 0 radical (unpaired) electrons. The van der Waals surface area contributed by atoms with E-state index in [4.69, 9.17) is 4.55 Å². The molecular weight excluding hydrogens is 190 g/mol. The Morgan fingerprint density at radius 2 is 1.58 bits per heavy atom. The zero-order chi connectivity index (χ0) is 9.35. The lowest BCUT2D eigenvalue weighted by Crippen LogP contribution is -2.04. The third-order valence-electron chi connectivity index (χ3n) is 1.18. The summed E-state index contributed by atoms with van der Waals surface area (Å²) in [4.78, 5) is -1.31. The summed E-state index contributed by atoms with van der Waals surface area (Å²) in [6.07, 6.45) is 0. The van der Waals surface area contributed by atoms with Crippen molar-refractivity contribution in [1.82, 2.24) is 0 Å². The van der Waals surface area contributed by atoms with Gasteiger partial charge in [-0.3, -0.25) is 4.55 Å². The summed E-state index contributed by atoms with van der Waals surface area (Å²) in [6, 6.07) is 2.48. The minimum absolute atomic E-state index is 0.742. The topological polar surface area (TPSA) is 54.4 Å².